The van der Waals surface area contributed by atoms with Crippen LogP contribution in [-0.2, 0) is 10.0 Å². The Morgan fingerprint density at radius 1 is 1.37 bits per heavy atom. The van der Waals surface area contributed by atoms with Gasteiger partial charge in [0, 0.05) is 18.3 Å². The summed E-state index contributed by atoms with van der Waals surface area (Å²) in [6.07, 6.45) is 0. The van der Waals surface area contributed by atoms with E-state index in [2.05, 4.69) is 10.0 Å². The number of hydrogen-bond donors (Lipinski definition) is 4. The fourth-order valence-corrected chi connectivity index (χ4v) is 2.39. The zero-order valence-electron chi connectivity index (χ0n) is 11.3. The van der Waals surface area contributed by atoms with Gasteiger partial charge in [0.1, 0.15) is 4.90 Å². The third-order valence-electron chi connectivity index (χ3n) is 3.10. The molecular weight excluding hydrogens is 266 g/mol. The summed E-state index contributed by atoms with van der Waals surface area (Å²) in [5.74, 6) is 0.0851. The van der Waals surface area contributed by atoms with E-state index in [1.807, 2.05) is 13.8 Å². The van der Waals surface area contributed by atoms with Crippen LogP contribution in [0.3, 0.4) is 0 Å². The lowest BCUT2D eigenvalue weighted by Crippen LogP contribution is -2.26. The van der Waals surface area contributed by atoms with E-state index in [1.54, 1.807) is 12.1 Å². The molecule has 108 valence electrons. The second-order valence-electron chi connectivity index (χ2n) is 4.55. The van der Waals surface area contributed by atoms with Gasteiger partial charge in [0.15, 0.2) is 0 Å². The summed E-state index contributed by atoms with van der Waals surface area (Å²) in [5.41, 5.74) is 6.66. The van der Waals surface area contributed by atoms with Crippen LogP contribution in [0.4, 0.5) is 11.4 Å². The lowest BCUT2D eigenvalue weighted by Gasteiger charge is -2.21. The molecule has 0 heterocycles. The van der Waals surface area contributed by atoms with Crippen LogP contribution in [0.25, 0.3) is 0 Å². The van der Waals surface area contributed by atoms with Crippen molar-refractivity contribution in [1.82, 2.24) is 4.72 Å². The minimum atomic E-state index is -3.54. The van der Waals surface area contributed by atoms with E-state index in [-0.39, 0.29) is 29.1 Å². The van der Waals surface area contributed by atoms with E-state index < -0.39 is 10.0 Å². The quantitative estimate of drug-likeness (QED) is 0.574. The summed E-state index contributed by atoms with van der Waals surface area (Å²) in [7, 11) is -2.20. The molecule has 0 spiro atoms. The number of nitrogens with two attached hydrogens (primary N) is 1. The number of aliphatic hydroxyl groups is 1. The number of nitrogens with one attached hydrogen (secondary N) is 2. The lowest BCUT2D eigenvalue weighted by atomic mass is 10.0. The van der Waals surface area contributed by atoms with Crippen LogP contribution in [0, 0.1) is 5.92 Å². The second kappa shape index (κ2) is 6.23. The number of anilines is 2. The van der Waals surface area contributed by atoms with Crippen LogP contribution in [-0.4, -0.2) is 33.2 Å². The lowest BCUT2D eigenvalue weighted by molar-refractivity contribution is 0.226. The largest absolute Gasteiger partial charge is 0.398 e. The van der Waals surface area contributed by atoms with Crippen molar-refractivity contribution >= 4 is 21.4 Å². The Balaban J connectivity index is 2.95. The predicted octanol–water partition coefficient (Wildman–Crippen LogP) is 0.606. The number of benzene rings is 1. The molecule has 19 heavy (non-hydrogen) atoms. The first-order valence-corrected chi connectivity index (χ1v) is 7.50. The average molecular weight is 287 g/mol. The van der Waals surface area contributed by atoms with Gasteiger partial charge in [-0.25, -0.2) is 13.1 Å². The van der Waals surface area contributed by atoms with Gasteiger partial charge < -0.3 is 16.2 Å². The van der Waals surface area contributed by atoms with E-state index >= 15 is 0 Å². The van der Waals surface area contributed by atoms with Gasteiger partial charge in [-0.05, 0) is 38.1 Å². The van der Waals surface area contributed by atoms with E-state index in [1.165, 1.54) is 13.1 Å². The van der Waals surface area contributed by atoms with Crippen molar-refractivity contribution in [1.29, 1.82) is 0 Å². The van der Waals surface area contributed by atoms with Crippen LogP contribution in [0.15, 0.2) is 23.1 Å². The molecule has 0 fully saturated rings. The Morgan fingerprint density at radius 3 is 2.47 bits per heavy atom. The number of aliphatic hydroxyl groups excluding tert-OH is 1. The summed E-state index contributed by atoms with van der Waals surface area (Å²) in [6, 6.07) is 4.74. The highest BCUT2D eigenvalue weighted by Gasteiger charge is 2.16. The summed E-state index contributed by atoms with van der Waals surface area (Å²) in [4.78, 5) is 0.0587. The SMILES string of the molecule is CNS(=O)(=O)c1ccc(NC(C)C(C)CO)cc1N. The van der Waals surface area contributed by atoms with Gasteiger partial charge in [0.25, 0.3) is 0 Å². The molecule has 7 heteroatoms. The molecule has 5 N–H and O–H groups in total. The van der Waals surface area contributed by atoms with E-state index in [9.17, 15) is 8.42 Å². The molecule has 1 aromatic carbocycles. The molecule has 1 rings (SSSR count). The van der Waals surface area contributed by atoms with Crippen LogP contribution < -0.4 is 15.8 Å². The first kappa shape index (κ1) is 15.7. The van der Waals surface area contributed by atoms with Crippen molar-refractivity contribution in [2.24, 2.45) is 5.92 Å². The Labute approximate surface area is 114 Å². The fraction of sp³-hybridized carbons (Fsp3) is 0.500. The Bertz CT molecular complexity index is 531. The summed E-state index contributed by atoms with van der Waals surface area (Å²) in [6.45, 7) is 3.94. The number of rotatable bonds is 6. The number of hydrogen-bond acceptors (Lipinski definition) is 5. The predicted molar refractivity (Wildman–Crippen MR) is 76.4 cm³/mol. The molecule has 2 unspecified atom stereocenters. The fourth-order valence-electron chi connectivity index (χ4n) is 1.56. The van der Waals surface area contributed by atoms with Gasteiger partial charge in [-0.2, -0.15) is 0 Å². The van der Waals surface area contributed by atoms with Crippen LogP contribution in [0.1, 0.15) is 13.8 Å². The smallest absolute Gasteiger partial charge is 0.242 e. The zero-order valence-corrected chi connectivity index (χ0v) is 12.2. The van der Waals surface area contributed by atoms with E-state index in [4.69, 9.17) is 10.8 Å². The molecule has 0 aliphatic heterocycles. The number of sulfonamides is 1. The monoisotopic (exact) mass is 287 g/mol. The molecule has 0 aliphatic carbocycles. The van der Waals surface area contributed by atoms with Crippen molar-refractivity contribution in [2.75, 3.05) is 24.7 Å². The molecule has 6 nitrogen and oxygen atoms in total. The summed E-state index contributed by atoms with van der Waals surface area (Å²) in [5, 5.41) is 12.2. The maximum absolute atomic E-state index is 11.7. The van der Waals surface area contributed by atoms with Gasteiger partial charge in [-0.3, -0.25) is 0 Å². The normalized spacial score (nSPS) is 14.9. The highest BCUT2D eigenvalue weighted by Crippen LogP contribution is 2.23. The molecule has 0 amide bonds. The average Bonchev–Trinajstić information content (AvgIpc) is 2.37. The van der Waals surface area contributed by atoms with Gasteiger partial charge in [0.05, 0.1) is 5.69 Å². The first-order valence-electron chi connectivity index (χ1n) is 6.02. The Morgan fingerprint density at radius 2 is 2.00 bits per heavy atom. The van der Waals surface area contributed by atoms with Crippen molar-refractivity contribution in [3.63, 3.8) is 0 Å². The van der Waals surface area contributed by atoms with Crippen LogP contribution >= 0.6 is 0 Å². The topological polar surface area (TPSA) is 104 Å². The highest BCUT2D eigenvalue weighted by molar-refractivity contribution is 7.89. The molecule has 0 radical (unpaired) electrons. The molecule has 0 aliphatic rings. The molecule has 0 aromatic heterocycles. The van der Waals surface area contributed by atoms with Crippen molar-refractivity contribution in [3.8, 4) is 0 Å². The number of nitrogen functional groups attached to an aromatic ring is 1. The molecule has 0 bridgehead atoms. The maximum Gasteiger partial charge on any atom is 0.242 e. The maximum atomic E-state index is 11.7. The van der Waals surface area contributed by atoms with Crippen LogP contribution in [0.5, 0.6) is 0 Å². The van der Waals surface area contributed by atoms with Gasteiger partial charge in [-0.1, -0.05) is 6.92 Å². The van der Waals surface area contributed by atoms with Gasteiger partial charge in [0.2, 0.25) is 10.0 Å². The zero-order chi connectivity index (χ0) is 14.6. The van der Waals surface area contributed by atoms with Gasteiger partial charge in [-0.15, -0.1) is 0 Å². The standard InChI is InChI=1S/C12H21N3O3S/c1-8(7-16)9(2)15-10-4-5-12(11(13)6-10)19(17,18)14-3/h4-6,8-9,14-16H,7,13H2,1-3H3. The minimum absolute atomic E-state index is 0.0520. The highest BCUT2D eigenvalue weighted by atomic mass is 32.2. The van der Waals surface area contributed by atoms with Crippen LogP contribution in [0.2, 0.25) is 0 Å². The third kappa shape index (κ3) is 3.82. The Kier molecular flexibility index (Phi) is 5.16. The van der Waals surface area contributed by atoms with Crippen molar-refractivity contribution in [3.05, 3.63) is 18.2 Å². The van der Waals surface area contributed by atoms with Gasteiger partial charge >= 0.3 is 0 Å². The van der Waals surface area contributed by atoms with Crippen molar-refractivity contribution < 1.29 is 13.5 Å². The second-order valence-corrected chi connectivity index (χ2v) is 6.41. The van der Waals surface area contributed by atoms with E-state index in [0.29, 0.717) is 0 Å². The molecule has 1 aromatic rings. The summed E-state index contributed by atoms with van der Waals surface area (Å²) >= 11 is 0. The minimum Gasteiger partial charge on any atom is -0.398 e. The molecule has 0 saturated carbocycles. The molecule has 2 atom stereocenters. The Hall–Kier alpha value is -1.31. The molecule has 0 saturated heterocycles. The summed E-state index contributed by atoms with van der Waals surface area (Å²) < 4.78 is 25.6. The van der Waals surface area contributed by atoms with Crippen molar-refractivity contribution in [2.45, 2.75) is 24.8 Å². The van der Waals surface area contributed by atoms with E-state index in [0.717, 1.165) is 5.69 Å². The molecular formula is C12H21N3O3S. The first-order chi connectivity index (χ1) is 8.81. The third-order valence-corrected chi connectivity index (χ3v) is 4.59.